The zero-order valence-electron chi connectivity index (χ0n) is 7.46. The molecular weight excluding hydrogens is 154 g/mol. The van der Waals surface area contributed by atoms with Gasteiger partial charge in [-0.1, -0.05) is 19.4 Å². The average molecular weight is 167 g/mol. The van der Waals surface area contributed by atoms with Crippen molar-refractivity contribution in [3.63, 3.8) is 0 Å². The van der Waals surface area contributed by atoms with Gasteiger partial charge in [0.25, 0.3) is 0 Å². The first-order valence-electron chi connectivity index (χ1n) is 4.03. The number of carbonyl (C=O) groups excluding carboxylic acids is 1. The Morgan fingerprint density at radius 3 is 2.67 bits per heavy atom. The lowest BCUT2D eigenvalue weighted by atomic mass is 10.2. The number of nitriles is 1. The summed E-state index contributed by atoms with van der Waals surface area (Å²) >= 11 is 0. The molecule has 0 unspecified atom stereocenters. The summed E-state index contributed by atoms with van der Waals surface area (Å²) in [6.07, 6.45) is 3.27. The van der Waals surface area contributed by atoms with Crippen LogP contribution in [0.4, 0.5) is 0 Å². The van der Waals surface area contributed by atoms with Crippen LogP contribution in [0.1, 0.15) is 26.7 Å². The van der Waals surface area contributed by atoms with E-state index in [1.54, 1.807) is 13.0 Å². The maximum atomic E-state index is 11.0. The molecule has 0 aliphatic carbocycles. The van der Waals surface area contributed by atoms with Crippen LogP contribution in [0.15, 0.2) is 11.6 Å². The van der Waals surface area contributed by atoms with E-state index in [0.29, 0.717) is 6.61 Å². The Kier molecular flexibility index (Phi) is 5.72. The third kappa shape index (κ3) is 3.77. The molecule has 66 valence electrons. The van der Waals surface area contributed by atoms with Crippen molar-refractivity contribution in [2.75, 3.05) is 6.61 Å². The first kappa shape index (κ1) is 10.7. The number of ether oxygens (including phenoxy) is 1. The number of carbonyl (C=O) groups is 1. The Labute approximate surface area is 72.6 Å². The van der Waals surface area contributed by atoms with E-state index in [-0.39, 0.29) is 5.57 Å². The molecule has 0 spiro atoms. The van der Waals surface area contributed by atoms with Gasteiger partial charge in [-0.3, -0.25) is 0 Å². The molecule has 0 bridgehead atoms. The molecule has 0 aromatic carbocycles. The molecule has 0 N–H and O–H groups in total. The topological polar surface area (TPSA) is 50.1 Å². The van der Waals surface area contributed by atoms with Crippen molar-refractivity contribution >= 4 is 5.97 Å². The van der Waals surface area contributed by atoms with Crippen molar-refractivity contribution in [2.45, 2.75) is 26.7 Å². The van der Waals surface area contributed by atoms with E-state index in [1.165, 1.54) is 0 Å². The Morgan fingerprint density at radius 2 is 2.25 bits per heavy atom. The predicted molar refractivity (Wildman–Crippen MR) is 45.2 cm³/mol. The predicted octanol–water partition coefficient (Wildman–Crippen LogP) is 1.80. The lowest BCUT2D eigenvalue weighted by molar-refractivity contribution is -0.138. The van der Waals surface area contributed by atoms with E-state index >= 15 is 0 Å². The number of unbranched alkanes of at least 4 members (excludes halogenated alkanes) is 1. The molecule has 0 rings (SSSR count). The second kappa shape index (κ2) is 6.41. The maximum absolute atomic E-state index is 11.0. The molecule has 0 aromatic rings. The van der Waals surface area contributed by atoms with Crippen LogP contribution >= 0.6 is 0 Å². The summed E-state index contributed by atoms with van der Waals surface area (Å²) in [4.78, 5) is 11.0. The van der Waals surface area contributed by atoms with Gasteiger partial charge in [-0.2, -0.15) is 5.26 Å². The molecule has 0 aliphatic heterocycles. The van der Waals surface area contributed by atoms with Gasteiger partial charge in [0, 0.05) is 0 Å². The second-order valence-corrected chi connectivity index (χ2v) is 2.24. The summed E-state index contributed by atoms with van der Waals surface area (Å²) in [5, 5.41) is 8.53. The fraction of sp³-hybridized carbons (Fsp3) is 0.556. The van der Waals surface area contributed by atoms with E-state index in [1.807, 2.05) is 13.0 Å². The minimum Gasteiger partial charge on any atom is -0.462 e. The number of nitrogens with zero attached hydrogens (tertiary/aromatic N) is 1. The first-order valence-corrected chi connectivity index (χ1v) is 4.03. The van der Waals surface area contributed by atoms with E-state index in [2.05, 4.69) is 4.74 Å². The molecule has 3 nitrogen and oxygen atoms in total. The van der Waals surface area contributed by atoms with Crippen LogP contribution in [0.5, 0.6) is 0 Å². The Balaban J connectivity index is 4.16. The number of allylic oxidation sites excluding steroid dienone is 1. The van der Waals surface area contributed by atoms with Gasteiger partial charge in [-0.25, -0.2) is 4.79 Å². The summed E-state index contributed by atoms with van der Waals surface area (Å²) in [5.41, 5.74) is 0.110. The fourth-order valence-electron chi connectivity index (χ4n) is 0.672. The summed E-state index contributed by atoms with van der Waals surface area (Å²) in [6.45, 7) is 4.01. The van der Waals surface area contributed by atoms with Gasteiger partial charge < -0.3 is 4.74 Å². The molecule has 0 aromatic heterocycles. The molecule has 0 saturated heterocycles. The smallest absolute Gasteiger partial charge is 0.348 e. The molecule has 0 saturated carbocycles. The van der Waals surface area contributed by atoms with Gasteiger partial charge >= 0.3 is 5.97 Å². The molecule has 0 atom stereocenters. The molecule has 3 heteroatoms. The number of hydrogen-bond acceptors (Lipinski definition) is 3. The maximum Gasteiger partial charge on any atom is 0.348 e. The van der Waals surface area contributed by atoms with Crippen LogP contribution in [0.3, 0.4) is 0 Å². The van der Waals surface area contributed by atoms with Crippen LogP contribution in [0, 0.1) is 11.3 Å². The summed E-state index contributed by atoms with van der Waals surface area (Å²) < 4.78 is 4.66. The summed E-state index contributed by atoms with van der Waals surface area (Å²) in [7, 11) is 0. The Morgan fingerprint density at radius 1 is 1.58 bits per heavy atom. The van der Waals surface area contributed by atoms with E-state index in [4.69, 9.17) is 5.26 Å². The van der Waals surface area contributed by atoms with E-state index < -0.39 is 5.97 Å². The lowest BCUT2D eigenvalue weighted by Gasteiger charge is -1.98. The number of rotatable bonds is 4. The quantitative estimate of drug-likeness (QED) is 0.364. The van der Waals surface area contributed by atoms with Crippen molar-refractivity contribution in [3.8, 4) is 6.07 Å². The first-order chi connectivity index (χ1) is 5.76. The largest absolute Gasteiger partial charge is 0.462 e. The molecule has 0 fully saturated rings. The van der Waals surface area contributed by atoms with Crippen LogP contribution < -0.4 is 0 Å². The molecule has 12 heavy (non-hydrogen) atoms. The molecule has 0 aliphatic rings. The highest BCUT2D eigenvalue weighted by molar-refractivity contribution is 5.92. The highest BCUT2D eigenvalue weighted by atomic mass is 16.5. The van der Waals surface area contributed by atoms with Gasteiger partial charge in [0.15, 0.2) is 0 Å². The summed E-state index contributed by atoms with van der Waals surface area (Å²) in [6, 6.07) is 1.81. The van der Waals surface area contributed by atoms with Gasteiger partial charge in [0.2, 0.25) is 0 Å². The minimum absolute atomic E-state index is 0.110. The molecule has 0 amide bonds. The molecule has 0 heterocycles. The van der Waals surface area contributed by atoms with Crippen molar-refractivity contribution < 1.29 is 9.53 Å². The van der Waals surface area contributed by atoms with Crippen LogP contribution in [0.2, 0.25) is 0 Å². The molecular formula is C9H13NO2. The highest BCUT2D eigenvalue weighted by Crippen LogP contribution is 2.00. The zero-order valence-corrected chi connectivity index (χ0v) is 7.46. The zero-order chi connectivity index (χ0) is 9.40. The Hall–Kier alpha value is -1.30. The molecule has 0 radical (unpaired) electrons. The SMILES string of the molecule is CCC/C=C(\C#N)C(=O)OCC. The fourth-order valence-corrected chi connectivity index (χ4v) is 0.672. The number of esters is 1. The van der Waals surface area contributed by atoms with Gasteiger partial charge in [0.05, 0.1) is 6.61 Å². The van der Waals surface area contributed by atoms with Crippen molar-refractivity contribution in [2.24, 2.45) is 0 Å². The lowest BCUT2D eigenvalue weighted by Crippen LogP contribution is -2.06. The van der Waals surface area contributed by atoms with Gasteiger partial charge in [-0.15, -0.1) is 0 Å². The van der Waals surface area contributed by atoms with Crippen LogP contribution in [-0.4, -0.2) is 12.6 Å². The third-order valence-electron chi connectivity index (χ3n) is 1.25. The second-order valence-electron chi connectivity index (χ2n) is 2.24. The Bertz CT molecular complexity index is 213. The van der Waals surface area contributed by atoms with Crippen LogP contribution in [0.25, 0.3) is 0 Å². The van der Waals surface area contributed by atoms with Gasteiger partial charge in [0.1, 0.15) is 11.6 Å². The average Bonchev–Trinajstić information content (AvgIpc) is 2.06. The minimum atomic E-state index is -0.520. The van der Waals surface area contributed by atoms with Crippen LogP contribution in [-0.2, 0) is 9.53 Å². The monoisotopic (exact) mass is 167 g/mol. The van der Waals surface area contributed by atoms with Gasteiger partial charge in [-0.05, 0) is 13.3 Å². The standard InChI is InChI=1S/C9H13NO2/c1-3-5-6-8(7-10)9(11)12-4-2/h6H,3-5H2,1-2H3/b8-6+. The highest BCUT2D eigenvalue weighted by Gasteiger charge is 2.07. The normalized spacial score (nSPS) is 10.6. The van der Waals surface area contributed by atoms with Crippen molar-refractivity contribution in [3.05, 3.63) is 11.6 Å². The number of hydrogen-bond donors (Lipinski definition) is 0. The van der Waals surface area contributed by atoms with E-state index in [9.17, 15) is 4.79 Å². The van der Waals surface area contributed by atoms with E-state index in [0.717, 1.165) is 12.8 Å². The third-order valence-corrected chi connectivity index (χ3v) is 1.25. The summed E-state index contributed by atoms with van der Waals surface area (Å²) in [5.74, 6) is -0.520. The van der Waals surface area contributed by atoms with Crippen molar-refractivity contribution in [1.29, 1.82) is 5.26 Å². The van der Waals surface area contributed by atoms with Crippen molar-refractivity contribution in [1.82, 2.24) is 0 Å².